The first-order valence-corrected chi connectivity index (χ1v) is 6.24. The molecule has 0 radical (unpaired) electrons. The van der Waals surface area contributed by atoms with Gasteiger partial charge in [-0.1, -0.05) is 5.16 Å². The van der Waals surface area contributed by atoms with Crippen molar-refractivity contribution in [2.75, 3.05) is 13.2 Å². The number of aryl methyl sites for hydroxylation is 2. The van der Waals surface area contributed by atoms with E-state index in [4.69, 9.17) is 15.0 Å². The molecule has 0 amide bonds. The van der Waals surface area contributed by atoms with Gasteiger partial charge in [0, 0.05) is 18.7 Å². The molecule has 2 heterocycles. The van der Waals surface area contributed by atoms with E-state index in [2.05, 4.69) is 15.5 Å². The van der Waals surface area contributed by atoms with E-state index in [9.17, 15) is 0 Å². The van der Waals surface area contributed by atoms with Crippen LogP contribution in [0, 0.1) is 13.8 Å². The van der Waals surface area contributed by atoms with Crippen LogP contribution in [0.25, 0.3) is 0 Å². The van der Waals surface area contributed by atoms with E-state index < -0.39 is 0 Å². The second-order valence-corrected chi connectivity index (χ2v) is 4.52. The average molecular weight is 252 g/mol. The lowest BCUT2D eigenvalue weighted by atomic mass is 10.2. The summed E-state index contributed by atoms with van der Waals surface area (Å²) in [5, 5.41) is 6.96. The fraction of sp³-hybridized carbons (Fsp3) is 0.667. The Labute approximate surface area is 107 Å². The molecule has 2 rings (SSSR count). The minimum absolute atomic E-state index is 0.262. The van der Waals surface area contributed by atoms with E-state index in [1.165, 1.54) is 0 Å². The molecule has 6 nitrogen and oxygen atoms in total. The van der Waals surface area contributed by atoms with Crippen LogP contribution in [0.5, 0.6) is 0 Å². The number of ether oxygens (including phenoxy) is 1. The van der Waals surface area contributed by atoms with Gasteiger partial charge in [0.15, 0.2) is 5.96 Å². The molecule has 1 fully saturated rings. The molecule has 0 bridgehead atoms. The molecule has 0 aliphatic carbocycles. The van der Waals surface area contributed by atoms with Crippen molar-refractivity contribution in [3.05, 3.63) is 17.0 Å². The fourth-order valence-corrected chi connectivity index (χ4v) is 1.97. The third kappa shape index (κ3) is 3.22. The molecule has 1 atom stereocenters. The number of hydrogen-bond acceptors (Lipinski definition) is 4. The van der Waals surface area contributed by atoms with Crippen LogP contribution in [-0.2, 0) is 11.3 Å². The van der Waals surface area contributed by atoms with E-state index in [0.29, 0.717) is 12.5 Å². The van der Waals surface area contributed by atoms with E-state index >= 15 is 0 Å². The number of aliphatic imine (C=N–C) groups is 1. The minimum Gasteiger partial charge on any atom is -0.376 e. The van der Waals surface area contributed by atoms with Crippen LogP contribution in [0.4, 0.5) is 0 Å². The normalized spacial score (nSPS) is 20.3. The maximum atomic E-state index is 5.80. The molecule has 0 saturated carbocycles. The highest BCUT2D eigenvalue weighted by Gasteiger charge is 2.15. The summed E-state index contributed by atoms with van der Waals surface area (Å²) < 4.78 is 10.6. The number of nitrogens with two attached hydrogens (primary N) is 1. The van der Waals surface area contributed by atoms with Gasteiger partial charge in [0.2, 0.25) is 0 Å². The number of guanidine groups is 1. The lowest BCUT2D eigenvalue weighted by Gasteiger charge is -2.10. The minimum atomic E-state index is 0.262. The summed E-state index contributed by atoms with van der Waals surface area (Å²) in [6, 6.07) is 0. The summed E-state index contributed by atoms with van der Waals surface area (Å²) in [4.78, 5) is 4.28. The third-order valence-electron chi connectivity index (χ3n) is 3.12. The largest absolute Gasteiger partial charge is 0.376 e. The molecule has 18 heavy (non-hydrogen) atoms. The smallest absolute Gasteiger partial charge is 0.189 e. The van der Waals surface area contributed by atoms with Crippen molar-refractivity contribution in [3.63, 3.8) is 0 Å². The standard InChI is InChI=1S/C12H20N4O2/c1-8-11(9(2)18-16-8)7-15-12(13)14-6-10-4-3-5-17-10/h10H,3-7H2,1-2H3,(H3,13,14,15). The molecular weight excluding hydrogens is 232 g/mol. The van der Waals surface area contributed by atoms with Crippen LogP contribution in [-0.4, -0.2) is 30.4 Å². The van der Waals surface area contributed by atoms with Crippen molar-refractivity contribution in [1.29, 1.82) is 0 Å². The Kier molecular flexibility index (Phi) is 4.19. The summed E-state index contributed by atoms with van der Waals surface area (Å²) >= 11 is 0. The number of nitrogens with zero attached hydrogens (tertiary/aromatic N) is 2. The van der Waals surface area contributed by atoms with Crippen LogP contribution in [0.1, 0.15) is 29.9 Å². The third-order valence-corrected chi connectivity index (χ3v) is 3.12. The zero-order valence-electron chi connectivity index (χ0n) is 10.9. The topological polar surface area (TPSA) is 85.7 Å². The van der Waals surface area contributed by atoms with E-state index in [0.717, 1.165) is 43.0 Å². The molecule has 1 saturated heterocycles. The quantitative estimate of drug-likeness (QED) is 0.613. The Hall–Kier alpha value is -1.56. The van der Waals surface area contributed by atoms with Gasteiger partial charge < -0.3 is 20.3 Å². The van der Waals surface area contributed by atoms with Crippen molar-refractivity contribution in [2.24, 2.45) is 10.7 Å². The van der Waals surface area contributed by atoms with Crippen LogP contribution < -0.4 is 11.1 Å². The van der Waals surface area contributed by atoms with Crippen molar-refractivity contribution >= 4 is 5.96 Å². The lowest BCUT2D eigenvalue weighted by molar-refractivity contribution is 0.114. The molecular formula is C12H20N4O2. The summed E-state index contributed by atoms with van der Waals surface area (Å²) in [5.74, 6) is 1.23. The van der Waals surface area contributed by atoms with Gasteiger partial charge in [-0.2, -0.15) is 0 Å². The molecule has 3 N–H and O–H groups in total. The molecule has 0 aromatic carbocycles. The Morgan fingerprint density at radius 1 is 1.56 bits per heavy atom. The van der Waals surface area contributed by atoms with E-state index in [-0.39, 0.29) is 6.10 Å². The second kappa shape index (κ2) is 5.86. The van der Waals surface area contributed by atoms with Gasteiger partial charge in [-0.3, -0.25) is 0 Å². The zero-order chi connectivity index (χ0) is 13.0. The maximum Gasteiger partial charge on any atom is 0.189 e. The van der Waals surface area contributed by atoms with Crippen molar-refractivity contribution in [1.82, 2.24) is 10.5 Å². The van der Waals surface area contributed by atoms with Crippen molar-refractivity contribution < 1.29 is 9.26 Å². The van der Waals surface area contributed by atoms with Crippen LogP contribution >= 0.6 is 0 Å². The molecule has 1 aromatic rings. The Morgan fingerprint density at radius 2 is 2.39 bits per heavy atom. The SMILES string of the molecule is Cc1noc(C)c1CN=C(N)NCC1CCCO1. The fourth-order valence-electron chi connectivity index (χ4n) is 1.97. The maximum absolute atomic E-state index is 5.80. The van der Waals surface area contributed by atoms with Crippen molar-refractivity contribution in [2.45, 2.75) is 39.3 Å². The van der Waals surface area contributed by atoms with Gasteiger partial charge in [0.25, 0.3) is 0 Å². The van der Waals surface area contributed by atoms with Crippen LogP contribution in [0.2, 0.25) is 0 Å². The van der Waals surface area contributed by atoms with Gasteiger partial charge in [0.1, 0.15) is 5.76 Å². The molecule has 1 unspecified atom stereocenters. The first-order chi connectivity index (χ1) is 8.66. The molecule has 0 spiro atoms. The highest BCUT2D eigenvalue weighted by Crippen LogP contribution is 2.13. The molecule has 1 aromatic heterocycles. The van der Waals surface area contributed by atoms with Crippen LogP contribution in [0.3, 0.4) is 0 Å². The molecule has 1 aliphatic rings. The van der Waals surface area contributed by atoms with Crippen LogP contribution in [0.15, 0.2) is 9.52 Å². The number of nitrogens with one attached hydrogen (secondary N) is 1. The monoisotopic (exact) mass is 252 g/mol. The van der Waals surface area contributed by atoms with Gasteiger partial charge in [-0.15, -0.1) is 0 Å². The second-order valence-electron chi connectivity index (χ2n) is 4.52. The zero-order valence-corrected chi connectivity index (χ0v) is 10.9. The first kappa shape index (κ1) is 12.9. The predicted octanol–water partition coefficient (Wildman–Crippen LogP) is 0.875. The summed E-state index contributed by atoms with van der Waals surface area (Å²) in [7, 11) is 0. The van der Waals surface area contributed by atoms with Gasteiger partial charge in [-0.05, 0) is 26.7 Å². The van der Waals surface area contributed by atoms with Gasteiger partial charge >= 0.3 is 0 Å². The Bertz CT molecular complexity index is 402. The summed E-state index contributed by atoms with van der Waals surface area (Å²) in [5.41, 5.74) is 7.66. The Balaban J connectivity index is 1.81. The first-order valence-electron chi connectivity index (χ1n) is 6.24. The summed E-state index contributed by atoms with van der Waals surface area (Å²) in [6.07, 6.45) is 2.48. The number of hydrogen-bond donors (Lipinski definition) is 2. The van der Waals surface area contributed by atoms with Gasteiger partial charge in [0.05, 0.1) is 18.3 Å². The molecule has 6 heteroatoms. The highest BCUT2D eigenvalue weighted by atomic mass is 16.5. The van der Waals surface area contributed by atoms with E-state index in [1.54, 1.807) is 0 Å². The molecule has 100 valence electrons. The highest BCUT2D eigenvalue weighted by molar-refractivity contribution is 5.77. The van der Waals surface area contributed by atoms with Crippen molar-refractivity contribution in [3.8, 4) is 0 Å². The Morgan fingerprint density at radius 3 is 3.00 bits per heavy atom. The van der Waals surface area contributed by atoms with E-state index in [1.807, 2.05) is 13.8 Å². The number of aromatic nitrogens is 1. The summed E-state index contributed by atoms with van der Waals surface area (Å²) in [6.45, 7) is 5.84. The predicted molar refractivity (Wildman–Crippen MR) is 68.3 cm³/mol. The number of rotatable bonds is 4. The lowest BCUT2D eigenvalue weighted by Crippen LogP contribution is -2.37. The molecule has 1 aliphatic heterocycles. The average Bonchev–Trinajstić information content (AvgIpc) is 2.96. The van der Waals surface area contributed by atoms with Gasteiger partial charge in [-0.25, -0.2) is 4.99 Å².